The van der Waals surface area contributed by atoms with Crippen LogP contribution in [0.15, 0.2) is 23.4 Å². The molecule has 1 atom stereocenters. The van der Waals surface area contributed by atoms with Gasteiger partial charge >= 0.3 is 6.09 Å². The molecule has 3 rings (SSSR count). The number of benzene rings is 1. The Bertz CT molecular complexity index is 485. The van der Waals surface area contributed by atoms with Crippen molar-refractivity contribution in [2.75, 3.05) is 6.54 Å². The molecule has 0 saturated carbocycles. The minimum Gasteiger partial charge on any atom is -0.444 e. The van der Waals surface area contributed by atoms with Crippen LogP contribution in [0.4, 0.5) is 4.79 Å². The Morgan fingerprint density at radius 1 is 1.47 bits per heavy atom. The van der Waals surface area contributed by atoms with Gasteiger partial charge in [0, 0.05) is 30.2 Å². The maximum absolute atomic E-state index is 10.9. The van der Waals surface area contributed by atoms with E-state index in [-0.39, 0.29) is 12.2 Å². The second-order valence-electron chi connectivity index (χ2n) is 3.91. The zero-order valence-electron chi connectivity index (χ0n) is 9.05. The highest BCUT2D eigenvalue weighted by molar-refractivity contribution is 5.70. The topological polar surface area (TPSA) is 59.9 Å². The van der Waals surface area contributed by atoms with E-state index < -0.39 is 0 Å². The van der Waals surface area contributed by atoms with Crippen LogP contribution in [0.1, 0.15) is 11.1 Å². The molecular weight excluding hydrogens is 220 g/mol. The Balaban J connectivity index is 1.82. The van der Waals surface area contributed by atoms with Crippen molar-refractivity contribution in [1.29, 1.82) is 0 Å². The van der Waals surface area contributed by atoms with Crippen LogP contribution in [0.5, 0.6) is 5.75 Å². The first kappa shape index (κ1) is 10.1. The van der Waals surface area contributed by atoms with Crippen LogP contribution in [-0.4, -0.2) is 25.0 Å². The lowest BCUT2D eigenvalue weighted by Gasteiger charge is -2.15. The fraction of sp³-hybridized carbons (Fsp3) is 0.250. The second-order valence-corrected chi connectivity index (χ2v) is 3.91. The highest BCUT2D eigenvalue weighted by Crippen LogP contribution is 2.29. The van der Waals surface area contributed by atoms with Gasteiger partial charge in [0.25, 0.3) is 0 Å². The van der Waals surface area contributed by atoms with Crippen molar-refractivity contribution in [1.82, 2.24) is 5.32 Å². The quantitative estimate of drug-likeness (QED) is 0.833. The predicted octanol–water partition coefficient (Wildman–Crippen LogP) is 1.27. The first-order valence-corrected chi connectivity index (χ1v) is 5.43. The summed E-state index contributed by atoms with van der Waals surface area (Å²) in [4.78, 5) is 16.2. The first-order valence-electron chi connectivity index (χ1n) is 5.43. The van der Waals surface area contributed by atoms with Crippen LogP contribution in [0.2, 0.25) is 0 Å². The Morgan fingerprint density at radius 2 is 2.41 bits per heavy atom. The zero-order valence-corrected chi connectivity index (χ0v) is 9.05. The molecule has 0 spiro atoms. The summed E-state index contributed by atoms with van der Waals surface area (Å²) in [6.07, 6.45) is 3.74. The summed E-state index contributed by atoms with van der Waals surface area (Å²) < 4.78 is 5.06. The van der Waals surface area contributed by atoms with Crippen molar-refractivity contribution in [2.24, 2.45) is 5.16 Å². The van der Waals surface area contributed by atoms with Gasteiger partial charge in [-0.25, -0.2) is 4.79 Å². The number of alkyl carbamates (subject to hydrolysis) is 1. The Kier molecular flexibility index (Phi) is 2.44. The third kappa shape index (κ3) is 1.95. The lowest BCUT2D eigenvalue weighted by atomic mass is 10.0. The SMILES string of the molecule is O=C1NC[C@H]([CH]c2cccc3c2ON=CC3)O1. The Morgan fingerprint density at radius 3 is 3.24 bits per heavy atom. The third-order valence-electron chi connectivity index (χ3n) is 2.73. The standard InChI is InChI=1S/C12H11N2O3/c15-12-13-7-10(16-12)6-9-3-1-2-8-4-5-14-17-11(8)9/h1-3,5-6,10H,4,7H2,(H,13,15)/t10-/m0/s1. The van der Waals surface area contributed by atoms with Crippen LogP contribution in [-0.2, 0) is 11.2 Å². The van der Waals surface area contributed by atoms with Gasteiger partial charge in [0.15, 0.2) is 5.75 Å². The number of cyclic esters (lactones) is 1. The minimum atomic E-state index is -0.380. The lowest BCUT2D eigenvalue weighted by molar-refractivity contribution is 0.154. The van der Waals surface area contributed by atoms with Gasteiger partial charge in [-0.3, -0.25) is 0 Å². The molecule has 2 aliphatic heterocycles. The average molecular weight is 231 g/mol. The lowest BCUT2D eigenvalue weighted by Crippen LogP contribution is -2.16. The van der Waals surface area contributed by atoms with Gasteiger partial charge in [0.2, 0.25) is 0 Å². The van der Waals surface area contributed by atoms with Crippen LogP contribution < -0.4 is 10.2 Å². The summed E-state index contributed by atoms with van der Waals surface area (Å²) in [5, 5.41) is 6.41. The summed E-state index contributed by atoms with van der Waals surface area (Å²) in [6, 6.07) is 5.87. The van der Waals surface area contributed by atoms with E-state index in [9.17, 15) is 4.79 Å². The predicted molar refractivity (Wildman–Crippen MR) is 60.9 cm³/mol. The molecular formula is C12H11N2O3. The average Bonchev–Trinajstić information content (AvgIpc) is 2.75. The van der Waals surface area contributed by atoms with Crippen LogP contribution in [0.25, 0.3) is 0 Å². The fourth-order valence-electron chi connectivity index (χ4n) is 1.93. The smallest absolute Gasteiger partial charge is 0.407 e. The van der Waals surface area contributed by atoms with Crippen molar-refractivity contribution in [2.45, 2.75) is 12.5 Å². The molecule has 87 valence electrons. The molecule has 1 aromatic carbocycles. The fourth-order valence-corrected chi connectivity index (χ4v) is 1.93. The van der Waals surface area contributed by atoms with E-state index in [1.807, 2.05) is 24.6 Å². The van der Waals surface area contributed by atoms with Crippen LogP contribution >= 0.6 is 0 Å². The highest BCUT2D eigenvalue weighted by atomic mass is 16.6. The van der Waals surface area contributed by atoms with E-state index in [0.717, 1.165) is 23.3 Å². The summed E-state index contributed by atoms with van der Waals surface area (Å²) in [6.45, 7) is 0.492. The van der Waals surface area contributed by atoms with Crippen LogP contribution in [0.3, 0.4) is 0 Å². The molecule has 2 aliphatic rings. The van der Waals surface area contributed by atoms with Gasteiger partial charge in [-0.1, -0.05) is 23.4 Å². The van der Waals surface area contributed by atoms with Gasteiger partial charge in [-0.15, -0.1) is 0 Å². The summed E-state index contributed by atoms with van der Waals surface area (Å²) in [5.41, 5.74) is 1.99. The number of ether oxygens (including phenoxy) is 1. The number of para-hydroxylation sites is 1. The first-order chi connectivity index (χ1) is 8.33. The molecule has 0 bridgehead atoms. The van der Waals surface area contributed by atoms with E-state index in [1.54, 1.807) is 6.21 Å². The van der Waals surface area contributed by atoms with Gasteiger partial charge < -0.3 is 14.9 Å². The summed E-state index contributed by atoms with van der Waals surface area (Å²) in [5.74, 6) is 0.748. The maximum Gasteiger partial charge on any atom is 0.407 e. The molecule has 1 saturated heterocycles. The van der Waals surface area contributed by atoms with Crippen molar-refractivity contribution in [3.8, 4) is 5.75 Å². The van der Waals surface area contributed by atoms with E-state index in [1.165, 1.54) is 0 Å². The molecule has 5 nitrogen and oxygen atoms in total. The molecule has 0 unspecified atom stereocenters. The van der Waals surface area contributed by atoms with E-state index in [4.69, 9.17) is 9.57 Å². The molecule has 1 fully saturated rings. The van der Waals surface area contributed by atoms with E-state index in [0.29, 0.717) is 6.54 Å². The van der Waals surface area contributed by atoms with Gasteiger partial charge in [-0.2, -0.15) is 0 Å². The molecule has 0 aromatic heterocycles. The molecule has 1 radical (unpaired) electrons. The highest BCUT2D eigenvalue weighted by Gasteiger charge is 2.25. The number of hydrogen-bond acceptors (Lipinski definition) is 4. The zero-order chi connectivity index (χ0) is 11.7. The number of carbonyl (C=O) groups is 1. The molecule has 5 heteroatoms. The molecule has 2 heterocycles. The monoisotopic (exact) mass is 231 g/mol. The number of rotatable bonds is 2. The number of oxime groups is 1. The molecule has 0 aliphatic carbocycles. The normalized spacial score (nSPS) is 21.4. The van der Waals surface area contributed by atoms with E-state index in [2.05, 4.69) is 10.5 Å². The van der Waals surface area contributed by atoms with Crippen molar-refractivity contribution in [3.63, 3.8) is 0 Å². The van der Waals surface area contributed by atoms with Crippen molar-refractivity contribution >= 4 is 12.3 Å². The second kappa shape index (κ2) is 4.08. The summed E-state index contributed by atoms with van der Waals surface area (Å²) in [7, 11) is 0. The summed E-state index contributed by atoms with van der Waals surface area (Å²) >= 11 is 0. The Labute approximate surface area is 98.4 Å². The maximum atomic E-state index is 10.9. The van der Waals surface area contributed by atoms with Gasteiger partial charge in [0.05, 0.1) is 6.54 Å². The Hall–Kier alpha value is -2.04. The largest absolute Gasteiger partial charge is 0.444 e. The minimum absolute atomic E-state index is 0.247. The number of nitrogens with zero attached hydrogens (tertiary/aromatic N) is 1. The third-order valence-corrected chi connectivity index (χ3v) is 2.73. The van der Waals surface area contributed by atoms with Crippen molar-refractivity contribution in [3.05, 3.63) is 35.7 Å². The van der Waals surface area contributed by atoms with Gasteiger partial charge in [-0.05, 0) is 0 Å². The number of carbonyl (C=O) groups excluding carboxylic acids is 1. The number of hydrogen-bond donors (Lipinski definition) is 1. The van der Waals surface area contributed by atoms with E-state index >= 15 is 0 Å². The number of amides is 1. The molecule has 1 amide bonds. The molecule has 1 aromatic rings. The number of fused-ring (bicyclic) bond motifs is 1. The van der Waals surface area contributed by atoms with Gasteiger partial charge in [0.1, 0.15) is 6.10 Å². The molecule has 17 heavy (non-hydrogen) atoms. The van der Waals surface area contributed by atoms with Crippen molar-refractivity contribution < 1.29 is 14.4 Å². The van der Waals surface area contributed by atoms with Crippen LogP contribution in [0, 0.1) is 6.42 Å². The molecule has 1 N–H and O–H groups in total. The number of nitrogens with one attached hydrogen (secondary N) is 1.